The smallest absolute Gasteiger partial charge is 0.256 e. The van der Waals surface area contributed by atoms with Gasteiger partial charge in [-0.3, -0.25) is 4.79 Å². The monoisotopic (exact) mass is 412 g/mol. The van der Waals surface area contributed by atoms with Crippen LogP contribution in [0.25, 0.3) is 16.9 Å². The molecule has 8 heteroatoms. The van der Waals surface area contributed by atoms with Gasteiger partial charge >= 0.3 is 0 Å². The molecule has 3 heterocycles. The Kier molecular flexibility index (Phi) is 4.44. The molecule has 0 radical (unpaired) electrons. The van der Waals surface area contributed by atoms with Crippen molar-refractivity contribution in [2.45, 2.75) is 25.7 Å². The molecule has 1 saturated carbocycles. The summed E-state index contributed by atoms with van der Waals surface area (Å²) in [6, 6.07) is 13.0. The van der Waals surface area contributed by atoms with Crippen LogP contribution < -0.4 is 5.32 Å². The highest BCUT2D eigenvalue weighted by molar-refractivity contribution is 6.12. The summed E-state index contributed by atoms with van der Waals surface area (Å²) in [6.45, 7) is 1.82. The van der Waals surface area contributed by atoms with E-state index in [1.54, 1.807) is 16.9 Å². The number of anilines is 1. The standard InChI is InChI=1S/C23H17FN6O/c1-13-21-17(23(31)27-16-7-8-18(24)15(10-16)12-25)11-19(14-5-6-14)28-22(21)30(29-13)20-4-2-3-9-26-20/h2-4,7-11,14H,5-6H2,1H3,(H,27,31). The maximum Gasteiger partial charge on any atom is 0.256 e. The van der Waals surface area contributed by atoms with Crippen LogP contribution in [0.2, 0.25) is 0 Å². The van der Waals surface area contributed by atoms with Crippen molar-refractivity contribution in [1.82, 2.24) is 19.7 Å². The predicted octanol–water partition coefficient (Wildman–Crippen LogP) is 4.26. The van der Waals surface area contributed by atoms with Crippen LogP contribution >= 0.6 is 0 Å². The molecule has 1 fully saturated rings. The van der Waals surface area contributed by atoms with Crippen LogP contribution in [0, 0.1) is 24.1 Å². The molecule has 0 spiro atoms. The van der Waals surface area contributed by atoms with Crippen molar-refractivity contribution in [3.8, 4) is 11.9 Å². The van der Waals surface area contributed by atoms with Gasteiger partial charge in [-0.1, -0.05) is 6.07 Å². The van der Waals surface area contributed by atoms with Crippen molar-refractivity contribution >= 4 is 22.6 Å². The number of hydrogen-bond donors (Lipinski definition) is 1. The SMILES string of the molecule is Cc1nn(-c2ccccn2)c2nc(C3CC3)cc(C(=O)Nc3ccc(F)c(C#N)c3)c12. The molecule has 1 N–H and O–H groups in total. The van der Waals surface area contributed by atoms with Gasteiger partial charge in [0.25, 0.3) is 5.91 Å². The number of carbonyl (C=O) groups is 1. The lowest BCUT2D eigenvalue weighted by Crippen LogP contribution is -2.14. The fraction of sp³-hybridized carbons (Fsp3) is 0.174. The first kappa shape index (κ1) is 18.9. The Hall–Kier alpha value is -4.12. The van der Waals surface area contributed by atoms with Crippen molar-refractivity contribution in [1.29, 1.82) is 5.26 Å². The summed E-state index contributed by atoms with van der Waals surface area (Å²) in [5.74, 6) is -0.0623. The molecule has 1 aliphatic carbocycles. The van der Waals surface area contributed by atoms with Gasteiger partial charge < -0.3 is 5.32 Å². The molecule has 1 amide bonds. The molecule has 152 valence electrons. The third kappa shape index (κ3) is 3.40. The normalized spacial score (nSPS) is 13.2. The van der Waals surface area contributed by atoms with E-state index < -0.39 is 5.82 Å². The van der Waals surface area contributed by atoms with Crippen LogP contribution in [0.5, 0.6) is 0 Å². The number of nitriles is 1. The Morgan fingerprint density at radius 3 is 2.81 bits per heavy atom. The van der Waals surface area contributed by atoms with Crippen molar-refractivity contribution < 1.29 is 9.18 Å². The van der Waals surface area contributed by atoms with Crippen LogP contribution in [0.1, 0.15) is 46.1 Å². The molecule has 1 aromatic carbocycles. The van der Waals surface area contributed by atoms with E-state index in [0.717, 1.165) is 24.6 Å². The zero-order valence-corrected chi connectivity index (χ0v) is 16.6. The molecule has 3 aromatic heterocycles. The van der Waals surface area contributed by atoms with E-state index in [0.29, 0.717) is 39.7 Å². The topological polar surface area (TPSA) is 96.5 Å². The molecule has 0 saturated heterocycles. The number of rotatable bonds is 4. The van der Waals surface area contributed by atoms with Gasteiger partial charge in [-0.25, -0.2) is 14.4 Å². The lowest BCUT2D eigenvalue weighted by Gasteiger charge is -2.10. The van der Waals surface area contributed by atoms with Gasteiger partial charge in [-0.2, -0.15) is 15.0 Å². The van der Waals surface area contributed by atoms with Gasteiger partial charge in [-0.15, -0.1) is 0 Å². The first-order chi connectivity index (χ1) is 15.0. The number of nitrogens with one attached hydrogen (secondary N) is 1. The van der Waals surface area contributed by atoms with Gasteiger partial charge in [0.15, 0.2) is 11.5 Å². The van der Waals surface area contributed by atoms with Crippen molar-refractivity contribution in [3.63, 3.8) is 0 Å². The zero-order valence-electron chi connectivity index (χ0n) is 16.6. The van der Waals surface area contributed by atoms with E-state index in [1.807, 2.05) is 31.2 Å². The molecule has 7 nitrogen and oxygen atoms in total. The van der Waals surface area contributed by atoms with Crippen molar-refractivity contribution in [3.05, 3.63) is 77.0 Å². The number of pyridine rings is 2. The molecular weight excluding hydrogens is 395 g/mol. The van der Waals surface area contributed by atoms with Gasteiger partial charge in [-0.05, 0) is 56.2 Å². The minimum atomic E-state index is -0.629. The third-order valence-electron chi connectivity index (χ3n) is 5.28. The first-order valence-corrected chi connectivity index (χ1v) is 9.88. The first-order valence-electron chi connectivity index (χ1n) is 9.88. The second kappa shape index (κ2) is 7.29. The molecule has 0 bridgehead atoms. The number of benzene rings is 1. The summed E-state index contributed by atoms with van der Waals surface area (Å²) in [5.41, 5.74) is 2.71. The predicted molar refractivity (Wildman–Crippen MR) is 112 cm³/mol. The average molecular weight is 412 g/mol. The van der Waals surface area contributed by atoms with E-state index >= 15 is 0 Å². The van der Waals surface area contributed by atoms with E-state index in [1.165, 1.54) is 12.1 Å². The summed E-state index contributed by atoms with van der Waals surface area (Å²) >= 11 is 0. The van der Waals surface area contributed by atoms with Crippen LogP contribution in [0.4, 0.5) is 10.1 Å². The third-order valence-corrected chi connectivity index (χ3v) is 5.28. The molecule has 0 atom stereocenters. The average Bonchev–Trinajstić information content (AvgIpc) is 3.59. The lowest BCUT2D eigenvalue weighted by molar-refractivity contribution is 0.102. The fourth-order valence-corrected chi connectivity index (χ4v) is 3.60. The van der Waals surface area contributed by atoms with Crippen molar-refractivity contribution in [2.24, 2.45) is 0 Å². The molecular formula is C23H17FN6O. The van der Waals surface area contributed by atoms with Crippen molar-refractivity contribution in [2.75, 3.05) is 5.32 Å². The largest absolute Gasteiger partial charge is 0.322 e. The van der Waals surface area contributed by atoms with Crippen LogP contribution in [0.3, 0.4) is 0 Å². The summed E-state index contributed by atoms with van der Waals surface area (Å²) < 4.78 is 15.3. The van der Waals surface area contributed by atoms with E-state index in [-0.39, 0.29) is 11.5 Å². The second-order valence-corrected chi connectivity index (χ2v) is 7.51. The number of aryl methyl sites for hydroxylation is 1. The quantitative estimate of drug-likeness (QED) is 0.540. The lowest BCUT2D eigenvalue weighted by atomic mass is 10.1. The molecule has 31 heavy (non-hydrogen) atoms. The Morgan fingerprint density at radius 1 is 1.26 bits per heavy atom. The molecule has 0 aliphatic heterocycles. The number of carbonyl (C=O) groups excluding carboxylic acids is 1. The number of aromatic nitrogens is 4. The van der Waals surface area contributed by atoms with Crippen LogP contribution in [-0.2, 0) is 0 Å². The highest BCUT2D eigenvalue weighted by Gasteiger charge is 2.29. The van der Waals surface area contributed by atoms with E-state index in [4.69, 9.17) is 10.2 Å². The van der Waals surface area contributed by atoms with Gasteiger partial charge in [0, 0.05) is 23.5 Å². The summed E-state index contributed by atoms with van der Waals surface area (Å²) in [5, 5.41) is 17.1. The van der Waals surface area contributed by atoms with Gasteiger partial charge in [0.2, 0.25) is 0 Å². The zero-order chi connectivity index (χ0) is 21.5. The number of hydrogen-bond acceptors (Lipinski definition) is 5. The Balaban J connectivity index is 1.63. The molecule has 4 aromatic rings. The molecule has 1 aliphatic rings. The molecule has 5 rings (SSSR count). The maximum absolute atomic E-state index is 13.6. The van der Waals surface area contributed by atoms with E-state index in [2.05, 4.69) is 15.4 Å². The maximum atomic E-state index is 13.6. The highest BCUT2D eigenvalue weighted by Crippen LogP contribution is 2.40. The second-order valence-electron chi connectivity index (χ2n) is 7.51. The summed E-state index contributed by atoms with van der Waals surface area (Å²) in [7, 11) is 0. The Bertz CT molecular complexity index is 1370. The van der Waals surface area contributed by atoms with Gasteiger partial charge in [0.1, 0.15) is 11.9 Å². The highest BCUT2D eigenvalue weighted by atomic mass is 19.1. The van der Waals surface area contributed by atoms with Gasteiger partial charge in [0.05, 0.1) is 22.2 Å². The summed E-state index contributed by atoms with van der Waals surface area (Å²) in [6.07, 6.45) is 3.73. The minimum absolute atomic E-state index is 0.129. The van der Waals surface area contributed by atoms with Crippen LogP contribution in [0.15, 0.2) is 48.7 Å². The van der Waals surface area contributed by atoms with Crippen LogP contribution in [-0.4, -0.2) is 25.7 Å². The fourth-order valence-electron chi connectivity index (χ4n) is 3.60. The number of halogens is 1. The number of fused-ring (bicyclic) bond motifs is 1. The minimum Gasteiger partial charge on any atom is -0.322 e. The molecule has 0 unspecified atom stereocenters. The number of nitrogens with zero attached hydrogens (tertiary/aromatic N) is 5. The summed E-state index contributed by atoms with van der Waals surface area (Å²) in [4.78, 5) is 22.4. The number of amides is 1. The Labute approximate surface area is 177 Å². The van der Waals surface area contributed by atoms with E-state index in [9.17, 15) is 9.18 Å². The Morgan fingerprint density at radius 2 is 2.10 bits per heavy atom.